The van der Waals surface area contributed by atoms with E-state index in [0.717, 1.165) is 24.0 Å². The van der Waals surface area contributed by atoms with Gasteiger partial charge in [0, 0.05) is 19.1 Å². The predicted molar refractivity (Wildman–Crippen MR) is 101 cm³/mol. The maximum absolute atomic E-state index is 5.98. The minimum Gasteiger partial charge on any atom is -0.495 e. The fourth-order valence-electron chi connectivity index (χ4n) is 2.94. The fourth-order valence-corrected chi connectivity index (χ4v) is 2.94. The van der Waals surface area contributed by atoms with Gasteiger partial charge in [-0.1, -0.05) is 12.1 Å². The highest BCUT2D eigenvalue weighted by molar-refractivity contribution is 14.0. The second-order valence-corrected chi connectivity index (χ2v) is 5.93. The molecular formula is C16H25IN4O. The number of rotatable bonds is 5. The zero-order chi connectivity index (χ0) is 14.7. The third kappa shape index (κ3) is 4.49. The Kier molecular flexibility index (Phi) is 6.31. The second-order valence-electron chi connectivity index (χ2n) is 5.93. The average Bonchev–Trinajstić information content (AvgIpc) is 3.25. The van der Waals surface area contributed by atoms with Crippen LogP contribution in [0.15, 0.2) is 29.3 Å². The number of nitrogens with one attached hydrogen (secondary N) is 1. The van der Waals surface area contributed by atoms with E-state index in [-0.39, 0.29) is 24.0 Å². The van der Waals surface area contributed by atoms with Crippen LogP contribution in [0.4, 0.5) is 5.69 Å². The van der Waals surface area contributed by atoms with E-state index < -0.39 is 0 Å². The monoisotopic (exact) mass is 416 g/mol. The first-order valence-corrected chi connectivity index (χ1v) is 7.70. The molecule has 5 nitrogen and oxygen atoms in total. The van der Waals surface area contributed by atoms with E-state index in [1.165, 1.54) is 32.4 Å². The van der Waals surface area contributed by atoms with Gasteiger partial charge in [-0.3, -0.25) is 4.99 Å². The standard InChI is InChI=1S/C16H24N4O.HI/c1-21-15-5-3-2-4-14(15)19-16(17)18-10-12-8-9-20(11-12)13-6-7-13;/h2-5,12-13H,6-11H2,1H3,(H3,17,18,19);1H. The molecule has 6 heteroatoms. The molecule has 0 spiro atoms. The molecule has 1 aromatic rings. The lowest BCUT2D eigenvalue weighted by Crippen LogP contribution is -2.26. The first-order valence-electron chi connectivity index (χ1n) is 7.70. The Morgan fingerprint density at radius 2 is 2.14 bits per heavy atom. The third-order valence-electron chi connectivity index (χ3n) is 4.27. The number of methoxy groups -OCH3 is 1. The number of likely N-dealkylation sites (tertiary alicyclic amines) is 1. The van der Waals surface area contributed by atoms with Crippen LogP contribution in [0.5, 0.6) is 5.75 Å². The van der Waals surface area contributed by atoms with E-state index in [4.69, 9.17) is 10.5 Å². The number of ether oxygens (including phenoxy) is 1. The molecule has 1 saturated carbocycles. The molecule has 0 radical (unpaired) electrons. The lowest BCUT2D eigenvalue weighted by atomic mass is 10.1. The molecule has 1 aliphatic carbocycles. The molecule has 2 fully saturated rings. The maximum atomic E-state index is 5.98. The van der Waals surface area contributed by atoms with Crippen molar-refractivity contribution in [2.45, 2.75) is 25.3 Å². The van der Waals surface area contributed by atoms with Gasteiger partial charge in [-0.05, 0) is 43.9 Å². The number of guanidine groups is 1. The Hall–Kier alpha value is -1.02. The SMILES string of the molecule is COc1ccccc1NC(N)=NCC1CCN(C2CC2)C1.I. The Balaban J connectivity index is 0.00000176. The first kappa shape index (κ1) is 17.3. The van der Waals surface area contributed by atoms with Crippen LogP contribution >= 0.6 is 24.0 Å². The van der Waals surface area contributed by atoms with Gasteiger partial charge in [-0.2, -0.15) is 0 Å². The van der Waals surface area contributed by atoms with E-state index >= 15 is 0 Å². The summed E-state index contributed by atoms with van der Waals surface area (Å²) in [6.45, 7) is 3.21. The Morgan fingerprint density at radius 1 is 1.36 bits per heavy atom. The first-order chi connectivity index (χ1) is 10.3. The molecule has 1 unspecified atom stereocenters. The molecule has 1 aromatic carbocycles. The summed E-state index contributed by atoms with van der Waals surface area (Å²) in [7, 11) is 1.65. The van der Waals surface area contributed by atoms with Crippen molar-refractivity contribution in [2.24, 2.45) is 16.6 Å². The van der Waals surface area contributed by atoms with E-state index in [1.54, 1.807) is 7.11 Å². The quantitative estimate of drug-likeness (QED) is 0.440. The smallest absolute Gasteiger partial charge is 0.193 e. The van der Waals surface area contributed by atoms with E-state index in [0.29, 0.717) is 11.9 Å². The van der Waals surface area contributed by atoms with Gasteiger partial charge in [0.25, 0.3) is 0 Å². The lowest BCUT2D eigenvalue weighted by molar-refractivity contribution is 0.315. The van der Waals surface area contributed by atoms with Crippen molar-refractivity contribution in [1.29, 1.82) is 0 Å². The highest BCUT2D eigenvalue weighted by Crippen LogP contribution is 2.31. The van der Waals surface area contributed by atoms with E-state index in [2.05, 4.69) is 15.2 Å². The zero-order valence-electron chi connectivity index (χ0n) is 13.0. The Bertz CT molecular complexity index is 519. The summed E-state index contributed by atoms with van der Waals surface area (Å²) < 4.78 is 5.29. The molecule has 1 heterocycles. The third-order valence-corrected chi connectivity index (χ3v) is 4.27. The molecule has 3 N–H and O–H groups in total. The van der Waals surface area contributed by atoms with Crippen molar-refractivity contribution in [3.8, 4) is 5.75 Å². The van der Waals surface area contributed by atoms with Crippen LogP contribution in [-0.2, 0) is 0 Å². The number of para-hydroxylation sites is 2. The van der Waals surface area contributed by atoms with Crippen molar-refractivity contribution in [2.75, 3.05) is 32.1 Å². The molecule has 0 amide bonds. The number of hydrogen-bond donors (Lipinski definition) is 2. The number of halogens is 1. The molecule has 1 aliphatic heterocycles. The second kappa shape index (κ2) is 8.01. The molecule has 22 heavy (non-hydrogen) atoms. The summed E-state index contributed by atoms with van der Waals surface area (Å²) in [5, 5.41) is 3.12. The van der Waals surface area contributed by atoms with Gasteiger partial charge in [0.15, 0.2) is 5.96 Å². The van der Waals surface area contributed by atoms with Crippen LogP contribution in [0.1, 0.15) is 19.3 Å². The lowest BCUT2D eigenvalue weighted by Gasteiger charge is -2.14. The minimum atomic E-state index is 0. The molecule has 0 bridgehead atoms. The summed E-state index contributed by atoms with van der Waals surface area (Å²) in [5.41, 5.74) is 6.84. The van der Waals surface area contributed by atoms with Gasteiger partial charge < -0.3 is 20.7 Å². The summed E-state index contributed by atoms with van der Waals surface area (Å²) >= 11 is 0. The van der Waals surface area contributed by atoms with Gasteiger partial charge in [0.05, 0.1) is 12.8 Å². The van der Waals surface area contributed by atoms with Crippen molar-refractivity contribution < 1.29 is 4.74 Å². The maximum Gasteiger partial charge on any atom is 0.193 e. The average molecular weight is 416 g/mol. The molecule has 122 valence electrons. The zero-order valence-corrected chi connectivity index (χ0v) is 15.3. The molecule has 1 atom stereocenters. The van der Waals surface area contributed by atoms with E-state index in [1.807, 2.05) is 24.3 Å². The minimum absolute atomic E-state index is 0. The molecule has 1 saturated heterocycles. The van der Waals surface area contributed by atoms with Gasteiger partial charge in [0.2, 0.25) is 0 Å². The van der Waals surface area contributed by atoms with Crippen LogP contribution in [0.2, 0.25) is 0 Å². The van der Waals surface area contributed by atoms with Crippen LogP contribution in [0.3, 0.4) is 0 Å². The van der Waals surface area contributed by atoms with Crippen molar-refractivity contribution in [3.63, 3.8) is 0 Å². The number of nitrogens with zero attached hydrogens (tertiary/aromatic N) is 2. The highest BCUT2D eigenvalue weighted by atomic mass is 127. The van der Waals surface area contributed by atoms with Crippen LogP contribution in [-0.4, -0.2) is 43.6 Å². The van der Waals surface area contributed by atoms with Crippen LogP contribution in [0, 0.1) is 5.92 Å². The van der Waals surface area contributed by atoms with Crippen molar-refractivity contribution in [3.05, 3.63) is 24.3 Å². The number of nitrogens with two attached hydrogens (primary N) is 1. The summed E-state index contributed by atoms with van der Waals surface area (Å²) in [6.07, 6.45) is 4.00. The Morgan fingerprint density at radius 3 is 2.86 bits per heavy atom. The predicted octanol–water partition coefficient (Wildman–Crippen LogP) is 2.52. The number of anilines is 1. The summed E-state index contributed by atoms with van der Waals surface area (Å²) in [6, 6.07) is 8.58. The topological polar surface area (TPSA) is 62.9 Å². The fraction of sp³-hybridized carbons (Fsp3) is 0.562. The number of aliphatic imine (C=N–C) groups is 1. The molecular weight excluding hydrogens is 391 g/mol. The number of benzene rings is 1. The summed E-state index contributed by atoms with van der Waals surface area (Å²) in [4.78, 5) is 7.09. The highest BCUT2D eigenvalue weighted by Gasteiger charge is 2.34. The van der Waals surface area contributed by atoms with Crippen LogP contribution < -0.4 is 15.8 Å². The molecule has 0 aromatic heterocycles. The van der Waals surface area contributed by atoms with Crippen LogP contribution in [0.25, 0.3) is 0 Å². The normalized spacial score (nSPS) is 22.2. The Labute approximate surface area is 149 Å². The van der Waals surface area contributed by atoms with Gasteiger partial charge >= 0.3 is 0 Å². The number of hydrogen-bond acceptors (Lipinski definition) is 3. The van der Waals surface area contributed by atoms with Crippen molar-refractivity contribution in [1.82, 2.24) is 4.90 Å². The van der Waals surface area contributed by atoms with Gasteiger partial charge in [-0.15, -0.1) is 24.0 Å². The van der Waals surface area contributed by atoms with Gasteiger partial charge in [-0.25, -0.2) is 0 Å². The molecule has 3 rings (SSSR count). The molecule has 2 aliphatic rings. The summed E-state index contributed by atoms with van der Waals surface area (Å²) in [5.74, 6) is 1.88. The van der Waals surface area contributed by atoms with Gasteiger partial charge in [0.1, 0.15) is 5.75 Å². The van der Waals surface area contributed by atoms with E-state index in [9.17, 15) is 0 Å². The van der Waals surface area contributed by atoms with Crippen molar-refractivity contribution >= 4 is 35.6 Å². The largest absolute Gasteiger partial charge is 0.495 e.